The lowest BCUT2D eigenvalue weighted by atomic mass is 9.98. The molecular weight excluding hydrogens is 268 g/mol. The first kappa shape index (κ1) is 15.6. The van der Waals surface area contributed by atoms with Crippen molar-refractivity contribution < 1.29 is 9.66 Å². The van der Waals surface area contributed by atoms with Crippen LogP contribution in [-0.2, 0) is 0 Å². The number of hydrogen-bond donors (Lipinski definition) is 1. The minimum Gasteiger partial charge on any atom is -0.487 e. The van der Waals surface area contributed by atoms with Crippen molar-refractivity contribution in [3.8, 4) is 5.75 Å². The predicted octanol–water partition coefficient (Wildman–Crippen LogP) is 4.23. The van der Waals surface area contributed by atoms with Crippen LogP contribution in [-0.4, -0.2) is 18.1 Å². The van der Waals surface area contributed by atoms with Gasteiger partial charge in [-0.3, -0.25) is 10.1 Å². The summed E-state index contributed by atoms with van der Waals surface area (Å²) in [6, 6.07) is 5.02. The highest BCUT2D eigenvalue weighted by Gasteiger charge is 2.23. The lowest BCUT2D eigenvalue weighted by Crippen LogP contribution is -2.16. The van der Waals surface area contributed by atoms with Crippen LogP contribution in [0.2, 0.25) is 0 Å². The molecule has 1 aromatic carbocycles. The molecule has 1 saturated carbocycles. The van der Waals surface area contributed by atoms with Crippen molar-refractivity contribution in [1.29, 1.82) is 0 Å². The first-order valence-corrected chi connectivity index (χ1v) is 7.77. The van der Waals surface area contributed by atoms with Crippen molar-refractivity contribution in [3.05, 3.63) is 28.3 Å². The van der Waals surface area contributed by atoms with Gasteiger partial charge in [0, 0.05) is 24.4 Å². The molecule has 0 spiro atoms. The molecule has 1 aromatic rings. The van der Waals surface area contributed by atoms with Gasteiger partial charge in [0.1, 0.15) is 0 Å². The zero-order valence-electron chi connectivity index (χ0n) is 12.8. The second-order valence-corrected chi connectivity index (χ2v) is 5.84. The van der Waals surface area contributed by atoms with E-state index in [1.165, 1.54) is 25.3 Å². The van der Waals surface area contributed by atoms with E-state index in [0.29, 0.717) is 18.3 Å². The van der Waals surface area contributed by atoms with E-state index >= 15 is 0 Å². The molecule has 1 fully saturated rings. The summed E-state index contributed by atoms with van der Waals surface area (Å²) in [6.07, 6.45) is 4.70. The molecule has 0 saturated heterocycles. The van der Waals surface area contributed by atoms with Gasteiger partial charge in [-0.15, -0.1) is 0 Å². The topological polar surface area (TPSA) is 64.4 Å². The van der Waals surface area contributed by atoms with Crippen molar-refractivity contribution >= 4 is 11.4 Å². The average molecular weight is 292 g/mol. The minimum absolute atomic E-state index is 0.0308. The Morgan fingerprint density at radius 2 is 2.24 bits per heavy atom. The molecule has 2 rings (SSSR count). The Kier molecular flexibility index (Phi) is 5.42. The van der Waals surface area contributed by atoms with Gasteiger partial charge in [0.15, 0.2) is 5.75 Å². The van der Waals surface area contributed by atoms with Gasteiger partial charge in [-0.05, 0) is 30.7 Å². The maximum absolute atomic E-state index is 11.0. The zero-order valence-corrected chi connectivity index (χ0v) is 12.8. The molecule has 1 aliphatic rings. The summed E-state index contributed by atoms with van der Waals surface area (Å²) in [5, 5.41) is 14.4. The molecule has 21 heavy (non-hydrogen) atoms. The molecule has 1 aliphatic carbocycles. The monoisotopic (exact) mass is 292 g/mol. The van der Waals surface area contributed by atoms with E-state index in [1.807, 2.05) is 6.92 Å². The summed E-state index contributed by atoms with van der Waals surface area (Å²) < 4.78 is 5.50. The van der Waals surface area contributed by atoms with Gasteiger partial charge in [-0.2, -0.15) is 0 Å². The molecule has 5 nitrogen and oxygen atoms in total. The standard InChI is InChI=1S/C16H24N2O3/c1-3-9-21-16-10-14(7-8-15(16)18(19)20)17-11-13-6-4-5-12(13)2/h7-8,10,12-13,17H,3-6,9,11H2,1-2H3. The maximum Gasteiger partial charge on any atom is 0.311 e. The van der Waals surface area contributed by atoms with Crippen LogP contribution in [0, 0.1) is 22.0 Å². The normalized spacial score (nSPS) is 21.2. The van der Waals surface area contributed by atoms with Crippen LogP contribution in [0.15, 0.2) is 18.2 Å². The molecule has 0 amide bonds. The van der Waals surface area contributed by atoms with Crippen LogP contribution < -0.4 is 10.1 Å². The summed E-state index contributed by atoms with van der Waals surface area (Å²) in [7, 11) is 0. The fraction of sp³-hybridized carbons (Fsp3) is 0.625. The Bertz CT molecular complexity index is 490. The molecule has 0 bridgehead atoms. The smallest absolute Gasteiger partial charge is 0.311 e. The summed E-state index contributed by atoms with van der Waals surface area (Å²) in [5.74, 6) is 1.80. The second kappa shape index (κ2) is 7.29. The summed E-state index contributed by atoms with van der Waals surface area (Å²) >= 11 is 0. The van der Waals surface area contributed by atoms with Gasteiger partial charge in [0.2, 0.25) is 0 Å². The molecule has 0 aliphatic heterocycles. The third-order valence-corrected chi connectivity index (χ3v) is 4.23. The molecule has 0 heterocycles. The number of nitro benzene ring substituents is 1. The number of nitrogens with zero attached hydrogens (tertiary/aromatic N) is 1. The van der Waals surface area contributed by atoms with Crippen molar-refractivity contribution in [1.82, 2.24) is 0 Å². The maximum atomic E-state index is 11.0. The van der Waals surface area contributed by atoms with E-state index in [2.05, 4.69) is 12.2 Å². The van der Waals surface area contributed by atoms with Gasteiger partial charge in [0.05, 0.1) is 11.5 Å². The number of nitro groups is 1. The molecular formula is C16H24N2O3. The third-order valence-electron chi connectivity index (χ3n) is 4.23. The van der Waals surface area contributed by atoms with E-state index in [1.54, 1.807) is 12.1 Å². The van der Waals surface area contributed by atoms with Crippen molar-refractivity contribution in [3.63, 3.8) is 0 Å². The zero-order chi connectivity index (χ0) is 15.2. The molecule has 0 aromatic heterocycles. The van der Waals surface area contributed by atoms with Gasteiger partial charge < -0.3 is 10.1 Å². The van der Waals surface area contributed by atoms with Crippen LogP contribution in [0.25, 0.3) is 0 Å². The van der Waals surface area contributed by atoms with Crippen LogP contribution in [0.1, 0.15) is 39.5 Å². The van der Waals surface area contributed by atoms with E-state index in [0.717, 1.165) is 24.6 Å². The first-order valence-electron chi connectivity index (χ1n) is 7.77. The second-order valence-electron chi connectivity index (χ2n) is 5.84. The number of anilines is 1. The Morgan fingerprint density at radius 1 is 1.43 bits per heavy atom. The van der Waals surface area contributed by atoms with Crippen molar-refractivity contribution in [2.45, 2.75) is 39.5 Å². The number of ether oxygens (including phenoxy) is 1. The largest absolute Gasteiger partial charge is 0.487 e. The minimum atomic E-state index is -0.395. The molecule has 1 N–H and O–H groups in total. The van der Waals surface area contributed by atoms with Crippen molar-refractivity contribution in [2.24, 2.45) is 11.8 Å². The lowest BCUT2D eigenvalue weighted by Gasteiger charge is -2.17. The number of hydrogen-bond acceptors (Lipinski definition) is 4. The van der Waals surface area contributed by atoms with Crippen LogP contribution >= 0.6 is 0 Å². The van der Waals surface area contributed by atoms with Gasteiger partial charge >= 0.3 is 5.69 Å². The van der Waals surface area contributed by atoms with Crippen LogP contribution in [0.5, 0.6) is 5.75 Å². The first-order chi connectivity index (χ1) is 10.1. The van der Waals surface area contributed by atoms with Gasteiger partial charge in [-0.25, -0.2) is 0 Å². The summed E-state index contributed by atoms with van der Waals surface area (Å²) in [5.41, 5.74) is 0.925. The molecule has 2 atom stereocenters. The Hall–Kier alpha value is -1.78. The van der Waals surface area contributed by atoms with Crippen LogP contribution in [0.3, 0.4) is 0 Å². The third kappa shape index (κ3) is 4.09. The average Bonchev–Trinajstić information content (AvgIpc) is 2.88. The van der Waals surface area contributed by atoms with Gasteiger partial charge in [-0.1, -0.05) is 26.7 Å². The highest BCUT2D eigenvalue weighted by Crippen LogP contribution is 2.33. The Labute approximate surface area is 125 Å². The number of rotatable bonds is 7. The van der Waals surface area contributed by atoms with E-state index in [4.69, 9.17) is 4.74 Å². The quantitative estimate of drug-likeness (QED) is 0.603. The summed E-state index contributed by atoms with van der Waals surface area (Å²) in [6.45, 7) is 5.69. The summed E-state index contributed by atoms with van der Waals surface area (Å²) in [4.78, 5) is 10.6. The molecule has 2 unspecified atom stereocenters. The molecule has 5 heteroatoms. The SMILES string of the molecule is CCCOc1cc(NCC2CCCC2C)ccc1[N+](=O)[O-]. The lowest BCUT2D eigenvalue weighted by molar-refractivity contribution is -0.385. The van der Waals surface area contributed by atoms with Crippen molar-refractivity contribution in [2.75, 3.05) is 18.5 Å². The fourth-order valence-electron chi connectivity index (χ4n) is 2.88. The molecule has 116 valence electrons. The highest BCUT2D eigenvalue weighted by molar-refractivity contribution is 5.58. The fourth-order valence-corrected chi connectivity index (χ4v) is 2.88. The van der Waals surface area contributed by atoms with Gasteiger partial charge in [0.25, 0.3) is 0 Å². The van der Waals surface area contributed by atoms with E-state index < -0.39 is 4.92 Å². The highest BCUT2D eigenvalue weighted by atomic mass is 16.6. The van der Waals surface area contributed by atoms with E-state index in [9.17, 15) is 10.1 Å². The number of nitrogens with one attached hydrogen (secondary N) is 1. The Morgan fingerprint density at radius 3 is 2.86 bits per heavy atom. The Balaban J connectivity index is 2.04. The predicted molar refractivity (Wildman–Crippen MR) is 83.9 cm³/mol. The van der Waals surface area contributed by atoms with E-state index in [-0.39, 0.29) is 5.69 Å². The molecule has 0 radical (unpaired) electrons. The number of benzene rings is 1. The van der Waals surface area contributed by atoms with Crippen LogP contribution in [0.4, 0.5) is 11.4 Å².